The van der Waals surface area contributed by atoms with Crippen LogP contribution < -0.4 is 16.9 Å². The minimum atomic E-state index is -0.865. The Morgan fingerprint density at radius 3 is 2.73 bits per heavy atom. The van der Waals surface area contributed by atoms with Crippen LogP contribution in [-0.4, -0.2) is 35.6 Å². The van der Waals surface area contributed by atoms with E-state index in [0.717, 1.165) is 12.8 Å². The van der Waals surface area contributed by atoms with Crippen molar-refractivity contribution in [2.75, 3.05) is 6.54 Å². The van der Waals surface area contributed by atoms with Crippen molar-refractivity contribution in [2.45, 2.75) is 25.8 Å². The second kappa shape index (κ2) is 6.44. The Bertz CT molecular complexity index is 631. The minimum Gasteiger partial charge on any atom is -0.457 e. The summed E-state index contributed by atoms with van der Waals surface area (Å²) in [6.45, 7) is 1.53. The van der Waals surface area contributed by atoms with Crippen LogP contribution in [0.4, 0.5) is 0 Å². The van der Waals surface area contributed by atoms with Crippen molar-refractivity contribution in [3.8, 4) is 0 Å². The van der Waals surface area contributed by atoms with E-state index in [1.54, 1.807) is 0 Å². The smallest absolute Gasteiger partial charge is 0.296 e. The Morgan fingerprint density at radius 1 is 1.50 bits per heavy atom. The van der Waals surface area contributed by atoms with E-state index in [1.165, 1.54) is 24.2 Å². The van der Waals surface area contributed by atoms with Gasteiger partial charge < -0.3 is 20.5 Å². The molecule has 1 aliphatic carbocycles. The Labute approximate surface area is 127 Å². The molecule has 0 bridgehead atoms. The fourth-order valence-corrected chi connectivity index (χ4v) is 1.81. The first-order chi connectivity index (χ1) is 10.4. The fourth-order valence-electron chi connectivity index (χ4n) is 1.81. The highest BCUT2D eigenvalue weighted by Gasteiger charge is 2.25. The van der Waals surface area contributed by atoms with Gasteiger partial charge in [0, 0.05) is 17.9 Å². The molecule has 8 heteroatoms. The Balaban J connectivity index is 1.90. The molecule has 0 radical (unpaired) electrons. The van der Waals surface area contributed by atoms with Gasteiger partial charge in [-0.2, -0.15) is 0 Å². The molecule has 0 aromatic carbocycles. The summed E-state index contributed by atoms with van der Waals surface area (Å²) >= 11 is 0. The summed E-state index contributed by atoms with van der Waals surface area (Å²) in [4.78, 5) is 34.3. The van der Waals surface area contributed by atoms with Crippen LogP contribution in [0.5, 0.6) is 0 Å². The summed E-state index contributed by atoms with van der Waals surface area (Å²) in [6.07, 6.45) is 4.12. The number of carbonyl (C=O) groups is 3. The molecule has 0 aliphatic heterocycles. The zero-order valence-electron chi connectivity index (χ0n) is 12.2. The highest BCUT2D eigenvalue weighted by Crippen LogP contribution is 2.24. The van der Waals surface area contributed by atoms with Gasteiger partial charge in [0.1, 0.15) is 5.76 Å². The number of hydrogen-bond donors (Lipinski definition) is 3. The molecule has 1 heterocycles. The first kappa shape index (κ1) is 15.8. The molecule has 0 saturated heterocycles. The van der Waals surface area contributed by atoms with Crippen molar-refractivity contribution >= 4 is 18.0 Å². The largest absolute Gasteiger partial charge is 0.457 e. The van der Waals surface area contributed by atoms with Crippen LogP contribution in [0, 0.1) is 6.92 Å². The maximum absolute atomic E-state index is 11.9. The van der Waals surface area contributed by atoms with Crippen LogP contribution in [0.25, 0.3) is 0 Å². The van der Waals surface area contributed by atoms with E-state index in [2.05, 4.69) is 5.32 Å². The van der Waals surface area contributed by atoms with Crippen LogP contribution in [-0.2, 0) is 4.79 Å². The molecule has 0 atom stereocenters. The molecule has 1 fully saturated rings. The lowest BCUT2D eigenvalue weighted by Crippen LogP contribution is -2.35. The highest BCUT2D eigenvalue weighted by atomic mass is 16.3. The summed E-state index contributed by atoms with van der Waals surface area (Å²) in [5, 5.41) is 3.88. The number of amides is 1. The maximum atomic E-state index is 11.9. The number of ketones is 1. The second-order valence-corrected chi connectivity index (χ2v) is 5.13. The molecule has 0 unspecified atom stereocenters. The molecule has 118 valence electrons. The lowest BCUT2D eigenvalue weighted by Gasteiger charge is -2.13. The van der Waals surface area contributed by atoms with E-state index < -0.39 is 11.7 Å². The number of aryl methyl sites for hydroxylation is 1. The third-order valence-corrected chi connectivity index (χ3v) is 3.25. The van der Waals surface area contributed by atoms with Gasteiger partial charge in [-0.15, -0.1) is 0 Å². The number of aldehydes is 1. The summed E-state index contributed by atoms with van der Waals surface area (Å²) in [6, 6.07) is 1.53. The van der Waals surface area contributed by atoms with Gasteiger partial charge in [-0.05, 0) is 25.8 Å². The van der Waals surface area contributed by atoms with Crippen molar-refractivity contribution in [1.29, 1.82) is 0 Å². The number of Topliss-reactive ketones (excluding diaryl/α,β-unsaturated/α-hetero) is 1. The first-order valence-electron chi connectivity index (χ1n) is 6.79. The van der Waals surface area contributed by atoms with Crippen molar-refractivity contribution < 1.29 is 18.8 Å². The minimum absolute atomic E-state index is 0.00871. The Hall–Kier alpha value is -2.61. The van der Waals surface area contributed by atoms with Gasteiger partial charge in [-0.3, -0.25) is 14.4 Å². The van der Waals surface area contributed by atoms with E-state index >= 15 is 0 Å². The standard InChI is InChI=1S/C14H18N4O4/c1-8-9(7-19)4-12(22-8)13(20)14(21)17-5-10(15)6-18(16)11-2-3-11/h4,6-7,11H,2-3,5,15-16H2,1H3,(H,17,21)/b10-6-. The van der Waals surface area contributed by atoms with Gasteiger partial charge in [-0.25, -0.2) is 5.84 Å². The molecular weight excluding hydrogens is 288 g/mol. The Morgan fingerprint density at radius 2 is 2.18 bits per heavy atom. The average molecular weight is 306 g/mol. The van der Waals surface area contributed by atoms with Crippen molar-refractivity contribution in [3.05, 3.63) is 35.0 Å². The fraction of sp³-hybridized carbons (Fsp3) is 0.357. The number of carbonyl (C=O) groups excluding carboxylic acids is 3. The molecule has 1 amide bonds. The molecule has 1 aliphatic rings. The molecule has 1 saturated carbocycles. The summed E-state index contributed by atoms with van der Waals surface area (Å²) < 4.78 is 5.08. The summed E-state index contributed by atoms with van der Waals surface area (Å²) in [5.41, 5.74) is 6.29. The monoisotopic (exact) mass is 306 g/mol. The number of furan rings is 1. The van der Waals surface area contributed by atoms with Crippen molar-refractivity contribution in [1.82, 2.24) is 10.3 Å². The number of hydrogen-bond acceptors (Lipinski definition) is 7. The highest BCUT2D eigenvalue weighted by molar-refractivity contribution is 6.42. The molecule has 8 nitrogen and oxygen atoms in total. The van der Waals surface area contributed by atoms with E-state index in [9.17, 15) is 14.4 Å². The topological polar surface area (TPSA) is 132 Å². The zero-order valence-corrected chi connectivity index (χ0v) is 12.2. The van der Waals surface area contributed by atoms with Crippen molar-refractivity contribution in [3.63, 3.8) is 0 Å². The van der Waals surface area contributed by atoms with Gasteiger partial charge in [0.25, 0.3) is 11.7 Å². The van der Waals surface area contributed by atoms with Crippen molar-refractivity contribution in [2.24, 2.45) is 11.6 Å². The van der Waals surface area contributed by atoms with Crippen LogP contribution in [0.3, 0.4) is 0 Å². The van der Waals surface area contributed by atoms with Crippen LogP contribution >= 0.6 is 0 Å². The summed E-state index contributed by atoms with van der Waals surface area (Å²) in [5.74, 6) is 4.10. The normalized spacial score (nSPS) is 14.5. The zero-order chi connectivity index (χ0) is 16.3. The van der Waals surface area contributed by atoms with Gasteiger partial charge >= 0.3 is 0 Å². The van der Waals surface area contributed by atoms with E-state index in [4.69, 9.17) is 16.0 Å². The summed E-state index contributed by atoms with van der Waals surface area (Å²) in [7, 11) is 0. The molecular formula is C14H18N4O4. The number of nitrogens with one attached hydrogen (secondary N) is 1. The van der Waals surface area contributed by atoms with Gasteiger partial charge in [-0.1, -0.05) is 0 Å². The van der Waals surface area contributed by atoms with E-state index in [0.29, 0.717) is 18.0 Å². The number of hydrazine groups is 1. The van der Waals surface area contributed by atoms with Gasteiger partial charge in [0.2, 0.25) is 0 Å². The predicted molar refractivity (Wildman–Crippen MR) is 77.5 cm³/mol. The molecule has 22 heavy (non-hydrogen) atoms. The Kier molecular flexibility index (Phi) is 4.62. The van der Waals surface area contributed by atoms with Crippen LogP contribution in [0.15, 0.2) is 22.4 Å². The SMILES string of the molecule is Cc1oc(C(=O)C(=O)NC/C(N)=C/N(N)C2CC2)cc1C=O. The van der Waals surface area contributed by atoms with Crippen LogP contribution in [0.1, 0.15) is 39.5 Å². The van der Waals surface area contributed by atoms with Gasteiger partial charge in [0.05, 0.1) is 12.1 Å². The average Bonchev–Trinajstić information content (AvgIpc) is 3.27. The maximum Gasteiger partial charge on any atom is 0.296 e. The van der Waals surface area contributed by atoms with E-state index in [-0.39, 0.29) is 23.6 Å². The second-order valence-electron chi connectivity index (χ2n) is 5.13. The van der Waals surface area contributed by atoms with Gasteiger partial charge in [0.15, 0.2) is 12.0 Å². The first-order valence-corrected chi connectivity index (χ1v) is 6.79. The number of nitrogens with two attached hydrogens (primary N) is 2. The third kappa shape index (κ3) is 3.73. The van der Waals surface area contributed by atoms with Crippen LogP contribution in [0.2, 0.25) is 0 Å². The van der Waals surface area contributed by atoms with E-state index in [1.807, 2.05) is 0 Å². The lowest BCUT2D eigenvalue weighted by molar-refractivity contribution is -0.116. The predicted octanol–water partition coefficient (Wildman–Crippen LogP) is -0.162. The molecule has 0 spiro atoms. The number of nitrogens with zero attached hydrogens (tertiary/aromatic N) is 1. The molecule has 2 rings (SSSR count). The lowest BCUT2D eigenvalue weighted by atomic mass is 10.2. The molecule has 1 aromatic rings. The molecule has 1 aromatic heterocycles. The number of rotatable bonds is 7. The third-order valence-electron chi connectivity index (χ3n) is 3.25. The quantitative estimate of drug-likeness (QED) is 0.209. The molecule has 5 N–H and O–H groups in total.